The van der Waals surface area contributed by atoms with Crippen LogP contribution in [0.5, 0.6) is 0 Å². The van der Waals surface area contributed by atoms with Crippen molar-refractivity contribution in [3.05, 3.63) is 68.5 Å². The molecule has 0 N–H and O–H groups in total. The molecule has 0 saturated heterocycles. The van der Waals surface area contributed by atoms with Gasteiger partial charge >= 0.3 is 0 Å². The Morgan fingerprint density at radius 2 is 1.85 bits per heavy atom. The number of ketones is 1. The Hall–Kier alpha value is -1.23. The van der Waals surface area contributed by atoms with Crippen molar-refractivity contribution in [1.82, 2.24) is 0 Å². The molecule has 0 aliphatic heterocycles. The van der Waals surface area contributed by atoms with Crippen LogP contribution in [0.2, 0.25) is 0 Å². The third-order valence-electron chi connectivity index (χ3n) is 3.93. The van der Waals surface area contributed by atoms with Crippen molar-refractivity contribution in [2.24, 2.45) is 0 Å². The lowest BCUT2D eigenvalue weighted by molar-refractivity contribution is 0.103. The van der Waals surface area contributed by atoms with Gasteiger partial charge in [0.25, 0.3) is 0 Å². The van der Waals surface area contributed by atoms with Crippen molar-refractivity contribution in [3.63, 3.8) is 0 Å². The van der Waals surface area contributed by atoms with Crippen LogP contribution in [0.1, 0.15) is 46.7 Å². The fourth-order valence-corrected chi connectivity index (χ4v) is 3.32. The maximum absolute atomic E-state index is 13.2. The molecule has 3 heteroatoms. The summed E-state index contributed by atoms with van der Waals surface area (Å²) in [6.45, 7) is 0. The standard InChI is InChI=1S/C17H14FIO/c18-12-8-9-15(16(19)10-12)17(20)14-7-2-1-6-13(14)11-4-3-5-11/h1-2,6-11H,3-5H2. The maximum Gasteiger partial charge on any atom is 0.194 e. The molecule has 0 heterocycles. The second kappa shape index (κ2) is 5.64. The van der Waals surface area contributed by atoms with Gasteiger partial charge in [0.2, 0.25) is 0 Å². The van der Waals surface area contributed by atoms with E-state index in [0.29, 0.717) is 15.1 Å². The van der Waals surface area contributed by atoms with Gasteiger partial charge in [-0.25, -0.2) is 4.39 Å². The molecule has 0 amide bonds. The van der Waals surface area contributed by atoms with Crippen molar-refractivity contribution in [2.75, 3.05) is 0 Å². The topological polar surface area (TPSA) is 17.1 Å². The summed E-state index contributed by atoms with van der Waals surface area (Å²) in [4.78, 5) is 12.7. The lowest BCUT2D eigenvalue weighted by Crippen LogP contribution is -2.15. The molecule has 3 rings (SSSR count). The van der Waals surface area contributed by atoms with Gasteiger partial charge < -0.3 is 0 Å². The second-order valence-electron chi connectivity index (χ2n) is 5.17. The Morgan fingerprint density at radius 3 is 2.50 bits per heavy atom. The zero-order chi connectivity index (χ0) is 14.1. The second-order valence-corrected chi connectivity index (χ2v) is 6.33. The first-order chi connectivity index (χ1) is 9.66. The molecule has 2 aromatic rings. The van der Waals surface area contributed by atoms with E-state index >= 15 is 0 Å². The Balaban J connectivity index is 2.02. The van der Waals surface area contributed by atoms with Gasteiger partial charge in [-0.3, -0.25) is 4.79 Å². The minimum atomic E-state index is -0.307. The van der Waals surface area contributed by atoms with Gasteiger partial charge in [-0.05, 0) is 65.1 Å². The first-order valence-electron chi connectivity index (χ1n) is 6.75. The fraction of sp³-hybridized carbons (Fsp3) is 0.235. The Kier molecular flexibility index (Phi) is 3.87. The molecule has 0 unspecified atom stereocenters. The first kappa shape index (κ1) is 13.7. The van der Waals surface area contributed by atoms with E-state index in [1.807, 2.05) is 46.9 Å². The fourth-order valence-electron chi connectivity index (χ4n) is 2.60. The van der Waals surface area contributed by atoms with E-state index in [2.05, 4.69) is 0 Å². The van der Waals surface area contributed by atoms with Crippen LogP contribution in [0.25, 0.3) is 0 Å². The van der Waals surface area contributed by atoms with Gasteiger partial charge in [-0.1, -0.05) is 30.7 Å². The maximum atomic E-state index is 13.2. The highest BCUT2D eigenvalue weighted by Gasteiger charge is 2.25. The van der Waals surface area contributed by atoms with Gasteiger partial charge in [-0.15, -0.1) is 0 Å². The molecule has 20 heavy (non-hydrogen) atoms. The van der Waals surface area contributed by atoms with Crippen molar-refractivity contribution in [1.29, 1.82) is 0 Å². The van der Waals surface area contributed by atoms with Gasteiger partial charge in [0.15, 0.2) is 5.78 Å². The SMILES string of the molecule is O=C(c1ccc(F)cc1I)c1ccccc1C1CCC1. The van der Waals surface area contributed by atoms with Crippen molar-refractivity contribution in [3.8, 4) is 0 Å². The van der Waals surface area contributed by atoms with Crippen LogP contribution in [-0.4, -0.2) is 5.78 Å². The Morgan fingerprint density at radius 1 is 1.10 bits per heavy atom. The molecule has 0 aromatic heterocycles. The van der Waals surface area contributed by atoms with Crippen LogP contribution in [0.3, 0.4) is 0 Å². The summed E-state index contributed by atoms with van der Waals surface area (Å²) in [5, 5.41) is 0. The predicted molar refractivity (Wildman–Crippen MR) is 85.6 cm³/mol. The zero-order valence-electron chi connectivity index (χ0n) is 10.9. The average Bonchev–Trinajstić information content (AvgIpc) is 2.37. The summed E-state index contributed by atoms with van der Waals surface area (Å²) < 4.78 is 13.8. The number of hydrogen-bond donors (Lipinski definition) is 0. The molecule has 0 bridgehead atoms. The lowest BCUT2D eigenvalue weighted by atomic mass is 9.77. The normalized spacial score (nSPS) is 14.9. The minimum absolute atomic E-state index is 0.00287. The number of rotatable bonds is 3. The monoisotopic (exact) mass is 380 g/mol. The highest BCUT2D eigenvalue weighted by atomic mass is 127. The van der Waals surface area contributed by atoms with Crippen molar-refractivity contribution < 1.29 is 9.18 Å². The molecular formula is C17H14FIO. The summed E-state index contributed by atoms with van der Waals surface area (Å²) in [6, 6.07) is 12.1. The molecule has 1 aliphatic rings. The highest BCUT2D eigenvalue weighted by molar-refractivity contribution is 14.1. The van der Waals surface area contributed by atoms with Gasteiger partial charge in [0, 0.05) is 14.7 Å². The van der Waals surface area contributed by atoms with Crippen LogP contribution < -0.4 is 0 Å². The smallest absolute Gasteiger partial charge is 0.194 e. The largest absolute Gasteiger partial charge is 0.289 e. The number of carbonyl (C=O) groups is 1. The Labute approximate surface area is 131 Å². The summed E-state index contributed by atoms with van der Waals surface area (Å²) in [6.07, 6.45) is 3.55. The average molecular weight is 380 g/mol. The molecule has 1 nitrogen and oxygen atoms in total. The van der Waals surface area contributed by atoms with E-state index in [0.717, 1.165) is 24.0 Å². The zero-order valence-corrected chi connectivity index (χ0v) is 13.1. The molecule has 0 atom stereocenters. The highest BCUT2D eigenvalue weighted by Crippen LogP contribution is 2.38. The van der Waals surface area contributed by atoms with Crippen LogP contribution in [0.15, 0.2) is 42.5 Å². The van der Waals surface area contributed by atoms with Crippen molar-refractivity contribution in [2.45, 2.75) is 25.2 Å². The summed E-state index contributed by atoms with van der Waals surface area (Å²) in [5.41, 5.74) is 2.49. The molecule has 1 fully saturated rings. The van der Waals surface area contributed by atoms with Crippen LogP contribution in [0.4, 0.5) is 4.39 Å². The van der Waals surface area contributed by atoms with Crippen molar-refractivity contribution >= 4 is 28.4 Å². The summed E-state index contributed by atoms with van der Waals surface area (Å²) in [7, 11) is 0. The van der Waals surface area contributed by atoms with E-state index in [1.54, 1.807) is 6.07 Å². The lowest BCUT2D eigenvalue weighted by Gasteiger charge is -2.27. The third-order valence-corrected chi connectivity index (χ3v) is 4.82. The van der Waals surface area contributed by atoms with E-state index < -0.39 is 0 Å². The first-order valence-corrected chi connectivity index (χ1v) is 7.83. The quantitative estimate of drug-likeness (QED) is 0.545. The molecule has 0 spiro atoms. The van der Waals surface area contributed by atoms with E-state index in [9.17, 15) is 9.18 Å². The Bertz CT molecular complexity index is 662. The number of hydrogen-bond acceptors (Lipinski definition) is 1. The van der Waals surface area contributed by atoms with Gasteiger partial charge in [0.05, 0.1) is 0 Å². The number of halogens is 2. The molecule has 1 saturated carbocycles. The number of benzene rings is 2. The van der Waals surface area contributed by atoms with E-state index in [1.165, 1.54) is 18.6 Å². The van der Waals surface area contributed by atoms with E-state index in [-0.39, 0.29) is 11.6 Å². The molecule has 102 valence electrons. The third kappa shape index (κ3) is 2.51. The van der Waals surface area contributed by atoms with E-state index in [4.69, 9.17) is 0 Å². The molecule has 1 aliphatic carbocycles. The van der Waals surface area contributed by atoms with Gasteiger partial charge in [0.1, 0.15) is 5.82 Å². The minimum Gasteiger partial charge on any atom is -0.289 e. The molecule has 0 radical (unpaired) electrons. The van der Waals surface area contributed by atoms with Crippen LogP contribution >= 0.6 is 22.6 Å². The summed E-state index contributed by atoms with van der Waals surface area (Å²) in [5.74, 6) is 0.198. The number of carbonyl (C=O) groups excluding carboxylic acids is 1. The van der Waals surface area contributed by atoms with Crippen LogP contribution in [0, 0.1) is 9.39 Å². The predicted octanol–water partition coefficient (Wildman–Crippen LogP) is 4.93. The molecule has 2 aromatic carbocycles. The van der Waals surface area contributed by atoms with Gasteiger partial charge in [-0.2, -0.15) is 0 Å². The summed E-state index contributed by atoms with van der Waals surface area (Å²) >= 11 is 2.02. The molecular weight excluding hydrogens is 366 g/mol. The van der Waals surface area contributed by atoms with Crippen LogP contribution in [-0.2, 0) is 0 Å².